The first-order valence-corrected chi connectivity index (χ1v) is 7.63. The van der Waals surface area contributed by atoms with Gasteiger partial charge in [-0.25, -0.2) is 8.42 Å². The third-order valence-electron chi connectivity index (χ3n) is 3.90. The number of hydrogen-bond donors (Lipinski definition) is 1. The van der Waals surface area contributed by atoms with Gasteiger partial charge in [0.1, 0.15) is 4.90 Å². The van der Waals surface area contributed by atoms with Gasteiger partial charge in [-0.1, -0.05) is 0 Å². The summed E-state index contributed by atoms with van der Waals surface area (Å²) in [4.78, 5) is 0.248. The highest BCUT2D eigenvalue weighted by atomic mass is 32.2. The molecule has 2 bridgehead atoms. The van der Waals surface area contributed by atoms with Crippen LogP contribution in [0.2, 0.25) is 0 Å². The summed E-state index contributed by atoms with van der Waals surface area (Å²) in [6, 6.07) is -0.104. The SMILES string of the molecule is Cn1cc(S(=O)(=O)N2C3CCC2CC(O)C3)cn1. The van der Waals surface area contributed by atoms with E-state index in [1.54, 1.807) is 11.4 Å². The zero-order chi connectivity index (χ0) is 12.9. The van der Waals surface area contributed by atoms with Crippen LogP contribution in [0.25, 0.3) is 0 Å². The monoisotopic (exact) mass is 271 g/mol. The van der Waals surface area contributed by atoms with Crippen molar-refractivity contribution in [3.05, 3.63) is 12.4 Å². The van der Waals surface area contributed by atoms with E-state index < -0.39 is 10.0 Å². The average molecular weight is 271 g/mol. The standard InChI is InChI=1S/C11H17N3O3S/c1-13-7-11(6-12-13)18(16,17)14-8-2-3-9(14)5-10(15)4-8/h6-10,15H,2-5H2,1H3. The molecular formula is C11H17N3O3S. The van der Waals surface area contributed by atoms with E-state index in [1.165, 1.54) is 17.1 Å². The molecule has 2 aliphatic rings. The molecular weight excluding hydrogens is 254 g/mol. The van der Waals surface area contributed by atoms with Gasteiger partial charge in [0.15, 0.2) is 0 Å². The normalized spacial score (nSPS) is 32.9. The largest absolute Gasteiger partial charge is 0.393 e. The van der Waals surface area contributed by atoms with Crippen LogP contribution in [0.5, 0.6) is 0 Å². The van der Waals surface area contributed by atoms with Gasteiger partial charge in [0.2, 0.25) is 10.0 Å². The fourth-order valence-corrected chi connectivity index (χ4v) is 5.03. The molecule has 2 atom stereocenters. The lowest BCUT2D eigenvalue weighted by Crippen LogP contribution is -2.47. The number of sulfonamides is 1. The maximum atomic E-state index is 12.6. The summed E-state index contributed by atoms with van der Waals surface area (Å²) in [5.74, 6) is 0. The minimum absolute atomic E-state index is 0.0519. The number of rotatable bonds is 2. The number of hydrogen-bond acceptors (Lipinski definition) is 4. The third kappa shape index (κ3) is 1.77. The molecule has 0 spiro atoms. The Morgan fingerprint density at radius 2 is 1.94 bits per heavy atom. The maximum absolute atomic E-state index is 12.6. The minimum Gasteiger partial charge on any atom is -0.393 e. The van der Waals surface area contributed by atoms with Gasteiger partial charge in [-0.15, -0.1) is 0 Å². The first kappa shape index (κ1) is 12.1. The zero-order valence-electron chi connectivity index (χ0n) is 10.2. The van der Waals surface area contributed by atoms with Crippen molar-refractivity contribution in [3.8, 4) is 0 Å². The van der Waals surface area contributed by atoms with Crippen molar-refractivity contribution in [3.63, 3.8) is 0 Å². The molecule has 18 heavy (non-hydrogen) atoms. The van der Waals surface area contributed by atoms with Gasteiger partial charge >= 0.3 is 0 Å². The van der Waals surface area contributed by atoms with Crippen LogP contribution >= 0.6 is 0 Å². The molecule has 0 amide bonds. The summed E-state index contributed by atoms with van der Waals surface area (Å²) in [6.07, 6.45) is 5.36. The van der Waals surface area contributed by atoms with E-state index in [4.69, 9.17) is 0 Å². The Labute approximate surface area is 106 Å². The van der Waals surface area contributed by atoms with E-state index in [2.05, 4.69) is 5.10 Å². The molecule has 0 aromatic carbocycles. The lowest BCUT2D eigenvalue weighted by atomic mass is 10.0. The Morgan fingerprint density at radius 1 is 1.33 bits per heavy atom. The fourth-order valence-electron chi connectivity index (χ4n) is 3.15. The van der Waals surface area contributed by atoms with E-state index in [0.29, 0.717) is 12.8 Å². The van der Waals surface area contributed by atoms with Crippen LogP contribution in [0, 0.1) is 0 Å². The van der Waals surface area contributed by atoms with Crippen LogP contribution in [-0.2, 0) is 17.1 Å². The van der Waals surface area contributed by atoms with E-state index >= 15 is 0 Å². The number of aromatic nitrogens is 2. The van der Waals surface area contributed by atoms with Crippen LogP contribution in [0.15, 0.2) is 17.3 Å². The van der Waals surface area contributed by atoms with Gasteiger partial charge < -0.3 is 5.11 Å². The Hall–Kier alpha value is -0.920. The van der Waals surface area contributed by atoms with E-state index in [-0.39, 0.29) is 23.1 Å². The van der Waals surface area contributed by atoms with Crippen molar-refractivity contribution in [1.29, 1.82) is 0 Å². The summed E-state index contributed by atoms with van der Waals surface area (Å²) in [5.41, 5.74) is 0. The molecule has 0 aliphatic carbocycles. The molecule has 0 radical (unpaired) electrons. The Kier molecular flexibility index (Phi) is 2.72. The molecule has 1 N–H and O–H groups in total. The molecule has 2 saturated heterocycles. The van der Waals surface area contributed by atoms with Crippen molar-refractivity contribution in [2.24, 2.45) is 7.05 Å². The zero-order valence-corrected chi connectivity index (χ0v) is 11.0. The average Bonchev–Trinajstić information content (AvgIpc) is 2.83. The highest BCUT2D eigenvalue weighted by Crippen LogP contribution is 2.39. The second kappa shape index (κ2) is 4.04. The predicted octanol–water partition coefficient (Wildman–Crippen LogP) is 0.0965. The smallest absolute Gasteiger partial charge is 0.246 e. The van der Waals surface area contributed by atoms with E-state index in [9.17, 15) is 13.5 Å². The molecule has 6 nitrogen and oxygen atoms in total. The molecule has 100 valence electrons. The van der Waals surface area contributed by atoms with Crippen molar-refractivity contribution in [2.75, 3.05) is 0 Å². The van der Waals surface area contributed by atoms with Gasteiger partial charge in [0.25, 0.3) is 0 Å². The van der Waals surface area contributed by atoms with E-state index in [0.717, 1.165) is 12.8 Å². The summed E-state index contributed by atoms with van der Waals surface area (Å²) in [7, 11) is -1.76. The molecule has 7 heteroatoms. The predicted molar refractivity (Wildman–Crippen MR) is 64.3 cm³/mol. The summed E-state index contributed by atoms with van der Waals surface area (Å²) in [6.45, 7) is 0. The number of fused-ring (bicyclic) bond motifs is 2. The molecule has 3 heterocycles. The lowest BCUT2D eigenvalue weighted by Gasteiger charge is -2.35. The number of nitrogens with zero attached hydrogens (tertiary/aromatic N) is 3. The maximum Gasteiger partial charge on any atom is 0.246 e. The Bertz CT molecular complexity index is 540. The van der Waals surface area contributed by atoms with Crippen LogP contribution in [0.3, 0.4) is 0 Å². The second-order valence-electron chi connectivity index (χ2n) is 5.19. The third-order valence-corrected chi connectivity index (χ3v) is 5.86. The summed E-state index contributed by atoms with van der Waals surface area (Å²) >= 11 is 0. The number of piperidine rings is 1. The summed E-state index contributed by atoms with van der Waals surface area (Å²) in [5, 5.41) is 13.6. The Morgan fingerprint density at radius 3 is 2.44 bits per heavy atom. The van der Waals surface area contributed by atoms with Gasteiger partial charge in [-0.05, 0) is 25.7 Å². The lowest BCUT2D eigenvalue weighted by molar-refractivity contribution is 0.0769. The summed E-state index contributed by atoms with van der Waals surface area (Å²) < 4.78 is 28.2. The first-order valence-electron chi connectivity index (χ1n) is 6.19. The van der Waals surface area contributed by atoms with Gasteiger partial charge in [-0.2, -0.15) is 9.40 Å². The fraction of sp³-hybridized carbons (Fsp3) is 0.727. The van der Waals surface area contributed by atoms with Crippen LogP contribution in [-0.4, -0.2) is 45.8 Å². The van der Waals surface area contributed by atoms with Crippen molar-refractivity contribution >= 4 is 10.0 Å². The minimum atomic E-state index is -3.46. The molecule has 2 aliphatic heterocycles. The van der Waals surface area contributed by atoms with Crippen molar-refractivity contribution in [1.82, 2.24) is 14.1 Å². The molecule has 2 fully saturated rings. The molecule has 3 rings (SSSR count). The molecule has 1 aromatic heterocycles. The van der Waals surface area contributed by atoms with Gasteiger partial charge in [0, 0.05) is 25.3 Å². The quantitative estimate of drug-likeness (QED) is 0.827. The van der Waals surface area contributed by atoms with Crippen LogP contribution in [0.4, 0.5) is 0 Å². The molecule has 2 unspecified atom stereocenters. The van der Waals surface area contributed by atoms with Crippen molar-refractivity contribution in [2.45, 2.75) is 48.8 Å². The number of aryl methyl sites for hydroxylation is 1. The highest BCUT2D eigenvalue weighted by Gasteiger charge is 2.47. The second-order valence-corrected chi connectivity index (χ2v) is 7.04. The van der Waals surface area contributed by atoms with Gasteiger partial charge in [0.05, 0.1) is 12.3 Å². The Balaban J connectivity index is 1.96. The van der Waals surface area contributed by atoms with E-state index in [1.807, 2.05) is 0 Å². The topological polar surface area (TPSA) is 75.4 Å². The first-order chi connectivity index (χ1) is 8.48. The van der Waals surface area contributed by atoms with Crippen molar-refractivity contribution < 1.29 is 13.5 Å². The molecule has 0 saturated carbocycles. The van der Waals surface area contributed by atoms with Crippen LogP contribution < -0.4 is 0 Å². The highest BCUT2D eigenvalue weighted by molar-refractivity contribution is 7.89. The number of aliphatic hydroxyl groups is 1. The molecule has 1 aromatic rings. The van der Waals surface area contributed by atoms with Crippen LogP contribution in [0.1, 0.15) is 25.7 Å². The van der Waals surface area contributed by atoms with Gasteiger partial charge in [-0.3, -0.25) is 4.68 Å². The number of aliphatic hydroxyl groups excluding tert-OH is 1.